The molecular formula is C10H16O3S. The highest BCUT2D eigenvalue weighted by Gasteiger charge is 2.09. The Morgan fingerprint density at radius 1 is 1.43 bits per heavy atom. The largest absolute Gasteiger partial charge is 0.385 e. The highest BCUT2D eigenvalue weighted by Crippen LogP contribution is 2.22. The van der Waals surface area contributed by atoms with Gasteiger partial charge in [0.15, 0.2) is 0 Å². The predicted molar refractivity (Wildman–Crippen MR) is 56.7 cm³/mol. The summed E-state index contributed by atoms with van der Waals surface area (Å²) in [4.78, 5) is 2.16. The van der Waals surface area contributed by atoms with E-state index in [9.17, 15) is 5.11 Å². The van der Waals surface area contributed by atoms with Crippen molar-refractivity contribution in [2.75, 3.05) is 26.9 Å². The maximum atomic E-state index is 9.68. The van der Waals surface area contributed by atoms with Gasteiger partial charge in [0.25, 0.3) is 0 Å². The minimum absolute atomic E-state index is 0.337. The fourth-order valence-corrected chi connectivity index (χ4v) is 1.90. The summed E-state index contributed by atoms with van der Waals surface area (Å²) < 4.78 is 10.1. The molecule has 0 aliphatic heterocycles. The number of rotatable bonds is 6. The minimum Gasteiger partial charge on any atom is -0.385 e. The first-order chi connectivity index (χ1) is 6.74. The van der Waals surface area contributed by atoms with Crippen LogP contribution in [0.4, 0.5) is 0 Å². The van der Waals surface area contributed by atoms with E-state index in [1.807, 2.05) is 19.1 Å². The van der Waals surface area contributed by atoms with Crippen LogP contribution in [0.5, 0.6) is 0 Å². The van der Waals surface area contributed by atoms with E-state index >= 15 is 0 Å². The van der Waals surface area contributed by atoms with E-state index < -0.39 is 6.10 Å². The Labute approximate surface area is 88.3 Å². The molecule has 0 fully saturated rings. The van der Waals surface area contributed by atoms with Crippen molar-refractivity contribution in [2.45, 2.75) is 13.0 Å². The number of aliphatic hydroxyl groups excluding tert-OH is 1. The maximum absolute atomic E-state index is 9.68. The summed E-state index contributed by atoms with van der Waals surface area (Å²) in [5.74, 6) is 0. The molecule has 80 valence electrons. The molecule has 0 aliphatic carbocycles. The van der Waals surface area contributed by atoms with Crippen LogP contribution in [0.3, 0.4) is 0 Å². The van der Waals surface area contributed by atoms with Gasteiger partial charge in [-0.1, -0.05) is 0 Å². The van der Waals surface area contributed by atoms with Crippen LogP contribution in [0.15, 0.2) is 12.1 Å². The van der Waals surface area contributed by atoms with E-state index in [-0.39, 0.29) is 0 Å². The lowest BCUT2D eigenvalue weighted by molar-refractivity contribution is 0.0139. The van der Waals surface area contributed by atoms with Gasteiger partial charge in [-0.25, -0.2) is 0 Å². The summed E-state index contributed by atoms with van der Waals surface area (Å²) in [5.41, 5.74) is 0. The Hall–Kier alpha value is -0.420. The lowest BCUT2D eigenvalue weighted by Crippen LogP contribution is -2.09. The van der Waals surface area contributed by atoms with Gasteiger partial charge in [-0.2, -0.15) is 0 Å². The second-order valence-corrected chi connectivity index (χ2v) is 4.35. The van der Waals surface area contributed by atoms with Crippen LogP contribution >= 0.6 is 11.3 Å². The number of ether oxygens (including phenoxy) is 2. The molecule has 0 aliphatic rings. The van der Waals surface area contributed by atoms with Crippen LogP contribution in [0.2, 0.25) is 0 Å². The SMILES string of the molecule is COCCOCC(O)c1ccc(C)s1. The molecule has 0 spiro atoms. The molecule has 1 aromatic rings. The first kappa shape index (κ1) is 11.7. The van der Waals surface area contributed by atoms with E-state index in [0.29, 0.717) is 19.8 Å². The second-order valence-electron chi connectivity index (χ2n) is 3.03. The smallest absolute Gasteiger partial charge is 0.111 e. The van der Waals surface area contributed by atoms with Crippen LogP contribution in [-0.4, -0.2) is 32.0 Å². The Morgan fingerprint density at radius 2 is 2.21 bits per heavy atom. The summed E-state index contributed by atoms with van der Waals surface area (Å²) in [6, 6.07) is 3.93. The molecule has 0 radical (unpaired) electrons. The average Bonchev–Trinajstić information content (AvgIpc) is 2.59. The molecule has 14 heavy (non-hydrogen) atoms. The summed E-state index contributed by atoms with van der Waals surface area (Å²) >= 11 is 1.60. The Balaban J connectivity index is 2.25. The number of aryl methyl sites for hydroxylation is 1. The fourth-order valence-electron chi connectivity index (χ4n) is 1.05. The number of thiophene rings is 1. The van der Waals surface area contributed by atoms with Gasteiger partial charge >= 0.3 is 0 Å². The normalized spacial score (nSPS) is 13.1. The molecule has 0 bridgehead atoms. The van der Waals surface area contributed by atoms with Gasteiger partial charge in [0, 0.05) is 16.9 Å². The molecule has 3 nitrogen and oxygen atoms in total. The first-order valence-corrected chi connectivity index (χ1v) is 5.36. The molecule has 1 heterocycles. The van der Waals surface area contributed by atoms with Gasteiger partial charge in [-0.3, -0.25) is 0 Å². The summed E-state index contributed by atoms with van der Waals surface area (Å²) in [5, 5.41) is 9.68. The quantitative estimate of drug-likeness (QED) is 0.736. The number of hydrogen-bond acceptors (Lipinski definition) is 4. The predicted octanol–water partition coefficient (Wildman–Crippen LogP) is 1.75. The zero-order chi connectivity index (χ0) is 10.4. The minimum atomic E-state index is -0.509. The zero-order valence-electron chi connectivity index (χ0n) is 8.53. The summed E-state index contributed by atoms with van der Waals surface area (Å²) in [7, 11) is 1.63. The van der Waals surface area contributed by atoms with Crippen LogP contribution in [0.1, 0.15) is 15.9 Å². The topological polar surface area (TPSA) is 38.7 Å². The zero-order valence-corrected chi connectivity index (χ0v) is 9.34. The molecule has 0 aromatic carbocycles. The van der Waals surface area contributed by atoms with Crippen LogP contribution in [0.25, 0.3) is 0 Å². The standard InChI is InChI=1S/C10H16O3S/c1-8-3-4-10(14-8)9(11)7-13-6-5-12-2/h3-4,9,11H,5-7H2,1-2H3. The van der Waals surface area contributed by atoms with Crippen LogP contribution in [0, 0.1) is 6.92 Å². The van der Waals surface area contributed by atoms with Gasteiger partial charge in [-0.05, 0) is 19.1 Å². The van der Waals surface area contributed by atoms with E-state index in [1.165, 1.54) is 4.88 Å². The van der Waals surface area contributed by atoms with Gasteiger partial charge in [0.1, 0.15) is 6.10 Å². The van der Waals surface area contributed by atoms with Crippen LogP contribution < -0.4 is 0 Å². The van der Waals surface area contributed by atoms with Crippen molar-refractivity contribution < 1.29 is 14.6 Å². The average molecular weight is 216 g/mol. The third-order valence-corrected chi connectivity index (χ3v) is 2.90. The van der Waals surface area contributed by atoms with Crippen molar-refractivity contribution >= 4 is 11.3 Å². The highest BCUT2D eigenvalue weighted by atomic mass is 32.1. The molecule has 1 rings (SSSR count). The van der Waals surface area contributed by atoms with E-state index in [0.717, 1.165) is 4.88 Å². The third kappa shape index (κ3) is 3.75. The van der Waals surface area contributed by atoms with Crippen molar-refractivity contribution in [2.24, 2.45) is 0 Å². The van der Waals surface area contributed by atoms with E-state index in [1.54, 1.807) is 18.4 Å². The Kier molecular flexibility index (Phi) is 5.11. The Bertz CT molecular complexity index is 260. The fraction of sp³-hybridized carbons (Fsp3) is 0.600. The highest BCUT2D eigenvalue weighted by molar-refractivity contribution is 7.12. The second kappa shape index (κ2) is 6.14. The summed E-state index contributed by atoms with van der Waals surface area (Å²) in [6.07, 6.45) is -0.509. The maximum Gasteiger partial charge on any atom is 0.111 e. The molecule has 0 saturated carbocycles. The molecule has 1 aromatic heterocycles. The molecule has 1 atom stereocenters. The number of aliphatic hydroxyl groups is 1. The number of methoxy groups -OCH3 is 1. The van der Waals surface area contributed by atoms with Gasteiger partial charge in [0.2, 0.25) is 0 Å². The van der Waals surface area contributed by atoms with Crippen molar-refractivity contribution in [1.82, 2.24) is 0 Å². The summed E-state index contributed by atoms with van der Waals surface area (Å²) in [6.45, 7) is 3.45. The molecule has 0 amide bonds. The van der Waals surface area contributed by atoms with E-state index in [2.05, 4.69) is 0 Å². The molecular weight excluding hydrogens is 200 g/mol. The molecule has 4 heteroatoms. The van der Waals surface area contributed by atoms with Crippen molar-refractivity contribution in [3.8, 4) is 0 Å². The van der Waals surface area contributed by atoms with Crippen LogP contribution in [-0.2, 0) is 9.47 Å². The third-order valence-electron chi connectivity index (χ3n) is 1.80. The van der Waals surface area contributed by atoms with Gasteiger partial charge in [-0.15, -0.1) is 11.3 Å². The van der Waals surface area contributed by atoms with Crippen molar-refractivity contribution in [3.63, 3.8) is 0 Å². The first-order valence-electron chi connectivity index (χ1n) is 4.55. The van der Waals surface area contributed by atoms with Gasteiger partial charge < -0.3 is 14.6 Å². The molecule has 1 unspecified atom stereocenters. The van der Waals surface area contributed by atoms with Gasteiger partial charge in [0.05, 0.1) is 19.8 Å². The molecule has 1 N–H and O–H groups in total. The lowest BCUT2D eigenvalue weighted by Gasteiger charge is -2.08. The number of hydrogen-bond donors (Lipinski definition) is 1. The van der Waals surface area contributed by atoms with Crippen molar-refractivity contribution in [3.05, 3.63) is 21.9 Å². The van der Waals surface area contributed by atoms with E-state index in [4.69, 9.17) is 9.47 Å². The monoisotopic (exact) mass is 216 g/mol. The Morgan fingerprint density at radius 3 is 2.79 bits per heavy atom. The lowest BCUT2D eigenvalue weighted by atomic mass is 10.3. The van der Waals surface area contributed by atoms with Crippen molar-refractivity contribution in [1.29, 1.82) is 0 Å². The molecule has 0 saturated heterocycles.